The van der Waals surface area contributed by atoms with Crippen LogP contribution in [0.15, 0.2) is 96.1 Å². The molecule has 3 atom stereocenters. The SMILES string of the molecule is CCCN(CCC)C(=O)N(CC[C@H]1COCCN1C(=O)OCc1ccc(NC(=O)[C@H](CCCNC(N)=O)NC(=O)C(=NC(=O)CCCCCN2C(=O)C=CC2=O)C(C)C)cc1)[C@@H](c1nc(-c2cc(F)ccc2F)cn1Cc1ccccc1)C(C)(C)C. The van der Waals surface area contributed by atoms with E-state index >= 15 is 9.18 Å². The number of urea groups is 2. The molecule has 0 saturated carbocycles. The zero-order chi connectivity index (χ0) is 62.5. The molecular formula is C63H83F2N11O10. The second-order valence-electron chi connectivity index (χ2n) is 22.9. The van der Waals surface area contributed by atoms with Gasteiger partial charge in [-0.3, -0.25) is 28.9 Å². The number of primary amides is 1. The number of aliphatic imine (C=N–C) groups is 1. The van der Waals surface area contributed by atoms with Crippen LogP contribution < -0.4 is 21.7 Å². The van der Waals surface area contributed by atoms with Gasteiger partial charge in [-0.25, -0.2) is 33.1 Å². The number of nitrogens with zero attached hydrogens (tertiary/aromatic N) is 7. The molecule has 0 bridgehead atoms. The van der Waals surface area contributed by atoms with Gasteiger partial charge in [-0.05, 0) is 91.8 Å². The highest BCUT2D eigenvalue weighted by atomic mass is 19.1. The number of hydrogen-bond acceptors (Lipinski definition) is 11. The standard InChI is InChI=1S/C63H83F2N11O10/c1-8-31-72(32-9-2)61(83)76(56(63(5,6)7)57-69-51(48-37-45(64)23-26-49(48)65)39-73(57)38-43-17-12-10-13-18-43)34-29-47-41-85-36-35-74(47)62(84)86-40-44-21-24-46(25-22-44)68-58(80)50(19-16-30-67-60(66)82)70-59(81)55(42(3)4)71-52(77)20-14-11-15-33-75-53(78)27-28-54(75)79/h10,12-13,17-18,21-28,37,39,42,47,50,56H,8-9,11,14-16,19-20,29-36,38,40-41H2,1-7H3,(H,68,80)(H,70,81)(H3,66,67,82)/t47-,50-,56-/m0/s1. The van der Waals surface area contributed by atoms with Crippen LogP contribution in [0.2, 0.25) is 0 Å². The summed E-state index contributed by atoms with van der Waals surface area (Å²) in [6.07, 6.45) is 7.03. The highest BCUT2D eigenvalue weighted by Gasteiger charge is 2.41. The van der Waals surface area contributed by atoms with Crippen LogP contribution in [0.4, 0.5) is 28.9 Å². The fourth-order valence-corrected chi connectivity index (χ4v) is 10.3. The highest BCUT2D eigenvalue weighted by Crippen LogP contribution is 2.40. The Balaban J connectivity index is 1.13. The van der Waals surface area contributed by atoms with Crippen molar-refractivity contribution in [3.05, 3.63) is 120 Å². The fraction of sp³-hybridized carbons (Fsp3) is 0.492. The van der Waals surface area contributed by atoms with Crippen molar-refractivity contribution in [2.75, 3.05) is 57.8 Å². The van der Waals surface area contributed by atoms with Gasteiger partial charge in [0, 0.05) is 87.8 Å². The largest absolute Gasteiger partial charge is 0.445 e. The minimum absolute atomic E-state index is 0.0106. The number of rotatable bonds is 29. The summed E-state index contributed by atoms with van der Waals surface area (Å²) in [7, 11) is 0. The first-order valence-electron chi connectivity index (χ1n) is 29.6. The first-order chi connectivity index (χ1) is 41.1. The van der Waals surface area contributed by atoms with Crippen molar-refractivity contribution in [3.8, 4) is 11.3 Å². The summed E-state index contributed by atoms with van der Waals surface area (Å²) in [6, 6.07) is 16.2. The van der Waals surface area contributed by atoms with Gasteiger partial charge in [0.2, 0.25) is 11.8 Å². The van der Waals surface area contributed by atoms with E-state index in [1.54, 1.807) is 54.1 Å². The summed E-state index contributed by atoms with van der Waals surface area (Å²) in [6.45, 7) is 15.8. The zero-order valence-corrected chi connectivity index (χ0v) is 50.5. The van der Waals surface area contributed by atoms with Crippen molar-refractivity contribution in [3.63, 3.8) is 0 Å². The lowest BCUT2D eigenvalue weighted by molar-refractivity contribution is -0.137. The maximum atomic E-state index is 15.5. The van der Waals surface area contributed by atoms with Crippen molar-refractivity contribution < 1.29 is 56.6 Å². The third kappa shape index (κ3) is 19.3. The molecule has 21 nitrogen and oxygen atoms in total. The van der Waals surface area contributed by atoms with E-state index in [0.29, 0.717) is 75.2 Å². The van der Waals surface area contributed by atoms with Gasteiger partial charge in [0.05, 0.1) is 31.0 Å². The topological polar surface area (TPSA) is 260 Å². The molecule has 3 aromatic carbocycles. The van der Waals surface area contributed by atoms with Gasteiger partial charge in [-0.2, -0.15) is 0 Å². The van der Waals surface area contributed by atoms with E-state index in [9.17, 15) is 38.0 Å². The van der Waals surface area contributed by atoms with E-state index in [-0.39, 0.29) is 100 Å². The van der Waals surface area contributed by atoms with E-state index in [2.05, 4.69) is 20.9 Å². The number of imide groups is 1. The van der Waals surface area contributed by atoms with Crippen LogP contribution in [-0.4, -0.2) is 147 Å². The molecule has 1 fully saturated rings. The number of aromatic nitrogens is 2. The quantitative estimate of drug-likeness (QED) is 0.0227. The van der Waals surface area contributed by atoms with Crippen LogP contribution in [0.25, 0.3) is 11.3 Å². The Kier molecular flexibility index (Phi) is 25.0. The van der Waals surface area contributed by atoms with Gasteiger partial charge < -0.3 is 50.4 Å². The molecule has 6 rings (SSSR count). The zero-order valence-electron chi connectivity index (χ0n) is 50.5. The molecule has 1 saturated heterocycles. The molecule has 23 heteroatoms. The molecular weight excluding hydrogens is 1110 g/mol. The van der Waals surface area contributed by atoms with Gasteiger partial charge in [-0.1, -0.05) is 97.4 Å². The van der Waals surface area contributed by atoms with E-state index < -0.39 is 70.9 Å². The average Bonchev–Trinajstić information content (AvgIpc) is 1.65. The first kappa shape index (κ1) is 66.8. The van der Waals surface area contributed by atoms with E-state index in [4.69, 9.17) is 20.2 Å². The molecule has 2 aliphatic rings. The van der Waals surface area contributed by atoms with Crippen molar-refractivity contribution in [2.24, 2.45) is 22.1 Å². The Morgan fingerprint density at radius 3 is 2.23 bits per heavy atom. The summed E-state index contributed by atoms with van der Waals surface area (Å²) in [5, 5.41) is 7.99. The molecule has 0 aliphatic carbocycles. The Morgan fingerprint density at radius 2 is 1.58 bits per heavy atom. The number of nitrogens with two attached hydrogens (primary N) is 1. The van der Waals surface area contributed by atoms with Gasteiger partial charge in [0.25, 0.3) is 17.7 Å². The Labute approximate surface area is 502 Å². The predicted octanol–water partition coefficient (Wildman–Crippen LogP) is 8.92. The number of imidazole rings is 1. The van der Waals surface area contributed by atoms with Gasteiger partial charge in [0.15, 0.2) is 0 Å². The number of benzene rings is 3. The van der Waals surface area contributed by atoms with E-state index in [0.717, 1.165) is 28.7 Å². The molecule has 0 spiro atoms. The number of unbranched alkanes of at least 4 members (excludes halogenated alkanes) is 2. The molecule has 2 aliphatic heterocycles. The molecule has 3 heterocycles. The second kappa shape index (κ2) is 32.2. The van der Waals surface area contributed by atoms with Gasteiger partial charge >= 0.3 is 18.2 Å². The molecule has 0 unspecified atom stereocenters. The summed E-state index contributed by atoms with van der Waals surface area (Å²) < 4.78 is 44.0. The van der Waals surface area contributed by atoms with E-state index in [1.807, 2.05) is 74.4 Å². The molecule has 86 heavy (non-hydrogen) atoms. The smallest absolute Gasteiger partial charge is 0.410 e. The molecule has 10 amide bonds. The van der Waals surface area contributed by atoms with Crippen LogP contribution in [0.3, 0.4) is 0 Å². The number of halogens is 2. The number of carbonyl (C=O) groups excluding carboxylic acids is 8. The summed E-state index contributed by atoms with van der Waals surface area (Å²) in [4.78, 5) is 120. The molecule has 5 N–H and O–H groups in total. The second-order valence-corrected chi connectivity index (χ2v) is 22.9. The monoisotopic (exact) mass is 1190 g/mol. The Bertz CT molecular complexity index is 3030. The van der Waals surface area contributed by atoms with Crippen molar-refractivity contribution in [1.29, 1.82) is 0 Å². The number of morpholine rings is 1. The molecule has 0 radical (unpaired) electrons. The maximum Gasteiger partial charge on any atom is 0.410 e. The Hall–Kier alpha value is -8.34. The summed E-state index contributed by atoms with van der Waals surface area (Å²) in [5.74, 6) is -3.88. The Morgan fingerprint density at radius 1 is 0.884 bits per heavy atom. The summed E-state index contributed by atoms with van der Waals surface area (Å²) in [5.41, 5.74) is 6.60. The first-order valence-corrected chi connectivity index (χ1v) is 29.6. The van der Waals surface area contributed by atoms with Gasteiger partial charge in [-0.15, -0.1) is 0 Å². The lowest BCUT2D eigenvalue weighted by Gasteiger charge is -2.43. The third-order valence-electron chi connectivity index (χ3n) is 14.6. The number of amides is 10. The third-order valence-corrected chi connectivity index (χ3v) is 14.6. The van der Waals surface area contributed by atoms with Crippen molar-refractivity contribution >= 4 is 59.1 Å². The van der Waals surface area contributed by atoms with Crippen LogP contribution in [0.1, 0.15) is 129 Å². The number of ether oxygens (including phenoxy) is 2. The normalized spacial score (nSPS) is 15.1. The van der Waals surface area contributed by atoms with Crippen LogP contribution in [0.5, 0.6) is 0 Å². The molecule has 464 valence electrons. The number of hydrogen-bond donors (Lipinski definition) is 4. The van der Waals surface area contributed by atoms with Crippen LogP contribution in [0, 0.1) is 23.0 Å². The highest BCUT2D eigenvalue weighted by molar-refractivity contribution is 6.41. The number of nitrogens with one attached hydrogen (secondary N) is 3. The van der Waals surface area contributed by atoms with Crippen LogP contribution in [-0.2, 0) is 46.6 Å². The lowest BCUT2D eigenvalue weighted by atomic mass is 9.84. The van der Waals surface area contributed by atoms with Crippen molar-refractivity contribution in [2.45, 2.75) is 138 Å². The minimum Gasteiger partial charge on any atom is -0.445 e. The number of anilines is 1. The molecule has 1 aromatic heterocycles. The van der Waals surface area contributed by atoms with Crippen LogP contribution >= 0.6 is 0 Å². The number of carbonyl (C=O) groups is 8. The maximum absolute atomic E-state index is 15.5. The molecule has 4 aromatic rings. The predicted molar refractivity (Wildman–Crippen MR) is 321 cm³/mol. The average molecular weight is 1190 g/mol. The van der Waals surface area contributed by atoms with E-state index in [1.165, 1.54) is 12.2 Å². The minimum atomic E-state index is -1.13. The van der Waals surface area contributed by atoms with Crippen molar-refractivity contribution in [1.82, 2.24) is 39.8 Å². The lowest BCUT2D eigenvalue weighted by Crippen LogP contribution is -2.53. The summed E-state index contributed by atoms with van der Waals surface area (Å²) >= 11 is 0. The van der Waals surface area contributed by atoms with Gasteiger partial charge in [0.1, 0.15) is 35.8 Å². The fourth-order valence-electron chi connectivity index (χ4n) is 10.3.